The van der Waals surface area contributed by atoms with Gasteiger partial charge in [-0.2, -0.15) is 17.5 Å². The fourth-order valence-corrected chi connectivity index (χ4v) is 3.91. The Morgan fingerprint density at radius 1 is 1.30 bits per heavy atom. The predicted octanol–water partition coefficient (Wildman–Crippen LogP) is 2.44. The second kappa shape index (κ2) is 11.1. The summed E-state index contributed by atoms with van der Waals surface area (Å²) in [7, 11) is -3.74. The number of nitro benzene ring substituents is 1. The molecule has 170 valence electrons. The number of rotatable bonds is 6. The van der Waals surface area contributed by atoms with Crippen molar-refractivity contribution in [3.05, 3.63) is 39.9 Å². The molecule has 1 aromatic rings. The van der Waals surface area contributed by atoms with Gasteiger partial charge in [-0.1, -0.05) is 12.1 Å². The lowest BCUT2D eigenvalue weighted by Gasteiger charge is -2.31. The van der Waals surface area contributed by atoms with E-state index in [1.165, 1.54) is 12.1 Å². The maximum absolute atomic E-state index is 12.6. The lowest BCUT2D eigenvalue weighted by Crippen LogP contribution is -2.47. The van der Waals surface area contributed by atoms with Crippen LogP contribution in [0.15, 0.2) is 29.3 Å². The Balaban J connectivity index is 0.00000450. The van der Waals surface area contributed by atoms with E-state index in [4.69, 9.17) is 0 Å². The number of piperidine rings is 1. The van der Waals surface area contributed by atoms with Crippen LogP contribution in [0.1, 0.15) is 18.4 Å². The average Bonchev–Trinajstić information content (AvgIpc) is 2.67. The fourth-order valence-electron chi connectivity index (χ4n) is 2.93. The van der Waals surface area contributed by atoms with Crippen molar-refractivity contribution < 1.29 is 26.5 Å². The fraction of sp³-hybridized carbons (Fsp3) is 0.562. The van der Waals surface area contributed by atoms with Crippen LogP contribution in [0.5, 0.6) is 0 Å². The number of non-ortho nitro benzene ring substituents is 1. The highest BCUT2D eigenvalue weighted by Gasteiger charge is 2.50. The molecule has 2 rings (SSSR count). The first kappa shape index (κ1) is 26.4. The van der Waals surface area contributed by atoms with Gasteiger partial charge in [0.05, 0.1) is 4.92 Å². The quantitative estimate of drug-likeness (QED) is 0.180. The molecule has 1 aliphatic rings. The summed E-state index contributed by atoms with van der Waals surface area (Å²) in [6.07, 6.45) is 0.592. The van der Waals surface area contributed by atoms with Crippen LogP contribution in [0.4, 0.5) is 18.9 Å². The summed E-state index contributed by atoms with van der Waals surface area (Å²) in [6.45, 7) is 0.333. The van der Waals surface area contributed by atoms with Gasteiger partial charge in [0, 0.05) is 45.4 Å². The van der Waals surface area contributed by atoms with E-state index in [9.17, 15) is 31.7 Å². The molecule has 0 unspecified atom stereocenters. The molecule has 1 aromatic carbocycles. The molecular weight excluding hydrogens is 542 g/mol. The molecule has 0 radical (unpaired) electrons. The minimum Gasteiger partial charge on any atom is -0.356 e. The van der Waals surface area contributed by atoms with E-state index in [0.717, 1.165) is 0 Å². The van der Waals surface area contributed by atoms with Gasteiger partial charge < -0.3 is 10.6 Å². The van der Waals surface area contributed by atoms with Crippen LogP contribution in [0.2, 0.25) is 0 Å². The number of hydrogen-bond acceptors (Lipinski definition) is 5. The van der Waals surface area contributed by atoms with Crippen molar-refractivity contribution >= 4 is 45.6 Å². The van der Waals surface area contributed by atoms with E-state index in [2.05, 4.69) is 15.6 Å². The molecule has 0 aliphatic carbocycles. The van der Waals surface area contributed by atoms with Gasteiger partial charge >= 0.3 is 15.5 Å². The Hall–Kier alpha value is -1.68. The Morgan fingerprint density at radius 2 is 1.93 bits per heavy atom. The summed E-state index contributed by atoms with van der Waals surface area (Å²) in [5.41, 5.74) is -4.61. The van der Waals surface area contributed by atoms with Crippen LogP contribution in [0.3, 0.4) is 0 Å². The topological polar surface area (TPSA) is 117 Å². The van der Waals surface area contributed by atoms with Crippen molar-refractivity contribution in [2.75, 3.05) is 26.7 Å². The van der Waals surface area contributed by atoms with E-state index in [0.29, 0.717) is 41.8 Å². The Labute approximate surface area is 189 Å². The molecule has 0 aromatic heterocycles. The minimum atomic E-state index is -5.28. The van der Waals surface area contributed by atoms with Crippen molar-refractivity contribution in [1.82, 2.24) is 14.9 Å². The zero-order valence-electron chi connectivity index (χ0n) is 16.1. The number of aliphatic imine (C=N–C) groups is 1. The first-order valence-electron chi connectivity index (χ1n) is 8.79. The molecule has 2 N–H and O–H groups in total. The van der Waals surface area contributed by atoms with Gasteiger partial charge in [-0.25, -0.2) is 8.42 Å². The number of hydrogen-bond donors (Lipinski definition) is 2. The molecule has 0 spiro atoms. The smallest absolute Gasteiger partial charge is 0.356 e. The lowest BCUT2D eigenvalue weighted by atomic mass is 9.98. The third-order valence-corrected chi connectivity index (χ3v) is 6.20. The van der Waals surface area contributed by atoms with Gasteiger partial charge in [0.25, 0.3) is 5.69 Å². The zero-order valence-corrected chi connectivity index (χ0v) is 19.2. The number of nitrogens with one attached hydrogen (secondary N) is 2. The third-order valence-electron chi connectivity index (χ3n) is 4.57. The van der Waals surface area contributed by atoms with E-state index in [-0.39, 0.29) is 48.7 Å². The second-order valence-corrected chi connectivity index (χ2v) is 8.46. The van der Waals surface area contributed by atoms with Crippen molar-refractivity contribution in [3.8, 4) is 0 Å². The summed E-state index contributed by atoms with van der Waals surface area (Å²) in [5.74, 6) is 0.424. The first-order chi connectivity index (χ1) is 13.5. The van der Waals surface area contributed by atoms with Crippen LogP contribution in [0.25, 0.3) is 0 Å². The van der Waals surface area contributed by atoms with Gasteiger partial charge in [0.1, 0.15) is 0 Å². The molecule has 1 saturated heterocycles. The van der Waals surface area contributed by atoms with Crippen LogP contribution in [-0.2, 0) is 16.6 Å². The maximum atomic E-state index is 12.6. The number of nitro groups is 1. The number of alkyl halides is 3. The van der Waals surface area contributed by atoms with Crippen LogP contribution < -0.4 is 10.6 Å². The van der Waals surface area contributed by atoms with Gasteiger partial charge in [0.15, 0.2) is 5.96 Å². The van der Waals surface area contributed by atoms with E-state index in [1.54, 1.807) is 19.2 Å². The molecule has 0 atom stereocenters. The number of halogens is 4. The molecule has 1 fully saturated rings. The minimum absolute atomic E-state index is 0. The Morgan fingerprint density at radius 3 is 2.47 bits per heavy atom. The van der Waals surface area contributed by atoms with Gasteiger partial charge in [-0.05, 0) is 24.3 Å². The molecular formula is C16H23F3IN5O4S. The number of guanidine groups is 1. The number of sulfonamides is 1. The zero-order chi connectivity index (χ0) is 21.7. The lowest BCUT2D eigenvalue weighted by molar-refractivity contribution is -0.384. The highest BCUT2D eigenvalue weighted by atomic mass is 127. The normalized spacial score (nSPS) is 16.6. The highest BCUT2D eigenvalue weighted by Crippen LogP contribution is 2.30. The molecule has 9 nitrogen and oxygen atoms in total. The first-order valence-corrected chi connectivity index (χ1v) is 10.2. The van der Waals surface area contributed by atoms with Crippen LogP contribution in [-0.4, -0.2) is 55.8 Å². The largest absolute Gasteiger partial charge is 0.511 e. The Kier molecular flexibility index (Phi) is 9.74. The molecule has 0 saturated carbocycles. The van der Waals surface area contributed by atoms with E-state index < -0.39 is 20.5 Å². The summed E-state index contributed by atoms with van der Waals surface area (Å²) in [4.78, 5) is 14.4. The summed E-state index contributed by atoms with van der Waals surface area (Å²) >= 11 is 0. The molecule has 0 amide bonds. The molecule has 14 heteroatoms. The van der Waals surface area contributed by atoms with Crippen molar-refractivity contribution in [2.45, 2.75) is 24.9 Å². The van der Waals surface area contributed by atoms with Crippen molar-refractivity contribution in [2.24, 2.45) is 10.9 Å². The van der Waals surface area contributed by atoms with Gasteiger partial charge in [-0.15, -0.1) is 24.0 Å². The molecule has 30 heavy (non-hydrogen) atoms. The summed E-state index contributed by atoms with van der Waals surface area (Å²) < 4.78 is 61.1. The van der Waals surface area contributed by atoms with Crippen LogP contribution in [0, 0.1) is 16.0 Å². The summed E-state index contributed by atoms with van der Waals surface area (Å²) in [6, 6.07) is 6.14. The van der Waals surface area contributed by atoms with Crippen molar-refractivity contribution in [1.29, 1.82) is 0 Å². The summed E-state index contributed by atoms with van der Waals surface area (Å²) in [5, 5.41) is 16.9. The monoisotopic (exact) mass is 565 g/mol. The van der Waals surface area contributed by atoms with E-state index in [1.807, 2.05) is 0 Å². The van der Waals surface area contributed by atoms with Gasteiger partial charge in [-0.3, -0.25) is 15.1 Å². The standard InChI is InChI=1S/C16H22F3N5O4S.HI/c1-20-15(22-11-13-3-2-4-14(9-13)24(25)26)21-10-12-5-7-23(8-6-12)29(27,28)16(17,18)19;/h2-4,9,12H,5-8,10-11H2,1H3,(H2,20,21,22);1H. The van der Waals surface area contributed by atoms with Crippen molar-refractivity contribution in [3.63, 3.8) is 0 Å². The SMILES string of the molecule is CN=C(NCc1cccc([N+](=O)[O-])c1)NCC1CCN(S(=O)(=O)C(F)(F)F)CC1.I. The molecule has 1 heterocycles. The maximum Gasteiger partial charge on any atom is 0.511 e. The third kappa shape index (κ3) is 6.94. The highest BCUT2D eigenvalue weighted by molar-refractivity contribution is 14.0. The second-order valence-electron chi connectivity index (χ2n) is 6.53. The Bertz CT molecular complexity index is 859. The molecule has 0 bridgehead atoms. The van der Waals surface area contributed by atoms with Gasteiger partial charge in [0.2, 0.25) is 0 Å². The number of nitrogens with zero attached hydrogens (tertiary/aromatic N) is 3. The molecule has 1 aliphatic heterocycles. The predicted molar refractivity (Wildman–Crippen MR) is 116 cm³/mol. The average molecular weight is 565 g/mol. The van der Waals surface area contributed by atoms with Crippen LogP contribution >= 0.6 is 24.0 Å². The van der Waals surface area contributed by atoms with E-state index >= 15 is 0 Å². The number of benzene rings is 1.